The van der Waals surface area contributed by atoms with Gasteiger partial charge in [-0.25, -0.2) is 4.98 Å². The Morgan fingerprint density at radius 2 is 2.14 bits per heavy atom. The van der Waals surface area contributed by atoms with Crippen LogP contribution in [0.1, 0.15) is 0 Å². The molecule has 0 radical (unpaired) electrons. The van der Waals surface area contributed by atoms with Gasteiger partial charge >= 0.3 is 0 Å². The lowest BCUT2D eigenvalue weighted by Crippen LogP contribution is -2.80. The summed E-state index contributed by atoms with van der Waals surface area (Å²) in [6.07, 6.45) is 1.73. The first kappa shape index (κ1) is 14.5. The molecule has 0 aliphatic rings. The van der Waals surface area contributed by atoms with Gasteiger partial charge < -0.3 is 5.73 Å². The van der Waals surface area contributed by atoms with Crippen LogP contribution in [0.4, 0.5) is 5.82 Å². The van der Waals surface area contributed by atoms with Crippen molar-refractivity contribution in [3.63, 3.8) is 0 Å². The summed E-state index contributed by atoms with van der Waals surface area (Å²) in [7, 11) is 0. The van der Waals surface area contributed by atoms with E-state index in [-0.39, 0.29) is 0 Å². The minimum absolute atomic E-state index is 0.591. The highest BCUT2D eigenvalue weighted by Gasteiger charge is 2.14. The highest BCUT2D eigenvalue weighted by atomic mass is 79.9. The first-order valence-electron chi connectivity index (χ1n) is 6.53. The second kappa shape index (κ2) is 6.11. The third-order valence-electron chi connectivity index (χ3n) is 3.13. The van der Waals surface area contributed by atoms with Crippen molar-refractivity contribution in [2.75, 3.05) is 13.1 Å². The maximum absolute atomic E-state index is 6.28. The number of fused-ring (bicyclic) bond motifs is 1. The van der Waals surface area contributed by atoms with Crippen LogP contribution in [0.5, 0.6) is 0 Å². The normalized spacial score (nSPS) is 11.2. The molecule has 4 N–H and O–H groups in total. The van der Waals surface area contributed by atoms with Crippen LogP contribution in [0.3, 0.4) is 0 Å². The summed E-state index contributed by atoms with van der Waals surface area (Å²) in [4.78, 5) is 4.65. The van der Waals surface area contributed by atoms with Crippen molar-refractivity contribution in [3.8, 4) is 11.3 Å². The lowest BCUT2D eigenvalue weighted by molar-refractivity contribution is -0.573. The van der Waals surface area contributed by atoms with Crippen LogP contribution in [-0.4, -0.2) is 27.7 Å². The van der Waals surface area contributed by atoms with Crippen LogP contribution in [-0.2, 0) is 0 Å². The third kappa shape index (κ3) is 2.80. The minimum atomic E-state index is 0.591. The molecule has 0 aliphatic carbocycles. The van der Waals surface area contributed by atoms with Crippen LogP contribution in [0.25, 0.3) is 16.9 Å². The molecule has 0 unspecified atom stereocenters. The van der Waals surface area contributed by atoms with Crippen molar-refractivity contribution in [3.05, 3.63) is 46.0 Å². The van der Waals surface area contributed by atoms with Gasteiger partial charge in [0.05, 0.1) is 22.9 Å². The maximum atomic E-state index is 6.28. The zero-order valence-electron chi connectivity index (χ0n) is 11.1. The molecule has 5 nitrogen and oxygen atoms in total. The van der Waals surface area contributed by atoms with Crippen molar-refractivity contribution in [1.29, 1.82) is 0 Å². The van der Waals surface area contributed by atoms with E-state index in [1.807, 2.05) is 30.3 Å². The Kier molecular flexibility index (Phi) is 4.21. The predicted molar refractivity (Wildman–Crippen MR) is 86.6 cm³/mol. The average molecular weight is 368 g/mol. The van der Waals surface area contributed by atoms with Crippen LogP contribution in [0.15, 0.2) is 41.0 Å². The fourth-order valence-corrected chi connectivity index (χ4v) is 2.72. The van der Waals surface area contributed by atoms with Gasteiger partial charge in [0.2, 0.25) is 5.82 Å². The molecule has 2 heterocycles. The Morgan fingerprint density at radius 3 is 2.90 bits per heavy atom. The fourth-order valence-electron chi connectivity index (χ4n) is 2.14. The number of hydrogen-bond donors (Lipinski definition) is 2. The Bertz CT molecular complexity index is 786. The van der Waals surface area contributed by atoms with Gasteiger partial charge in [-0.05, 0) is 22.0 Å². The monoisotopic (exact) mass is 366 g/mol. The van der Waals surface area contributed by atoms with E-state index in [0.29, 0.717) is 11.6 Å². The van der Waals surface area contributed by atoms with Crippen LogP contribution in [0, 0.1) is 0 Å². The Hall–Kier alpha value is -1.47. The summed E-state index contributed by atoms with van der Waals surface area (Å²) in [6, 6.07) is 9.64. The molecule has 0 spiro atoms. The van der Waals surface area contributed by atoms with Crippen molar-refractivity contribution in [2.45, 2.75) is 0 Å². The van der Waals surface area contributed by atoms with Crippen molar-refractivity contribution >= 4 is 39.0 Å². The van der Waals surface area contributed by atoms with Crippen molar-refractivity contribution in [1.82, 2.24) is 14.6 Å². The van der Waals surface area contributed by atoms with E-state index in [1.165, 1.54) is 0 Å². The summed E-state index contributed by atoms with van der Waals surface area (Å²) >= 11 is 9.75. The summed E-state index contributed by atoms with van der Waals surface area (Å²) in [6.45, 7) is 1.37. The smallest absolute Gasteiger partial charge is 0.229 e. The average Bonchev–Trinajstić information content (AvgIpc) is 2.87. The largest absolute Gasteiger partial charge is 0.326 e. The number of rotatable bonds is 4. The highest BCUT2D eigenvalue weighted by Crippen LogP contribution is 2.29. The summed E-state index contributed by atoms with van der Waals surface area (Å²) in [5, 5.41) is 7.06. The summed E-state index contributed by atoms with van der Waals surface area (Å²) < 4.78 is 2.64. The SMILES string of the molecule is NCC[NH2+]c1cc(-c2ccccc2Cl)nc2c(Br)cnn12. The quantitative estimate of drug-likeness (QED) is 0.740. The first-order valence-corrected chi connectivity index (χ1v) is 7.70. The fraction of sp³-hybridized carbons (Fsp3) is 0.143. The highest BCUT2D eigenvalue weighted by molar-refractivity contribution is 9.10. The molecule has 108 valence electrons. The number of benzene rings is 1. The molecule has 0 bridgehead atoms. The van der Waals surface area contributed by atoms with E-state index in [4.69, 9.17) is 17.3 Å². The first-order chi connectivity index (χ1) is 10.2. The zero-order valence-corrected chi connectivity index (χ0v) is 13.5. The van der Waals surface area contributed by atoms with Gasteiger partial charge in [-0.1, -0.05) is 29.8 Å². The summed E-state index contributed by atoms with van der Waals surface area (Å²) in [5.41, 5.74) is 8.07. The lowest BCUT2D eigenvalue weighted by Gasteiger charge is -2.07. The Labute approximate surface area is 135 Å². The molecule has 0 fully saturated rings. The van der Waals surface area contributed by atoms with Gasteiger partial charge in [0.15, 0.2) is 5.65 Å². The lowest BCUT2D eigenvalue weighted by atomic mass is 10.1. The van der Waals surface area contributed by atoms with Crippen molar-refractivity contribution in [2.24, 2.45) is 5.73 Å². The van der Waals surface area contributed by atoms with E-state index in [1.54, 1.807) is 10.7 Å². The molecule has 1 aromatic carbocycles. The molecular weight excluding hydrogens is 354 g/mol. The third-order valence-corrected chi connectivity index (χ3v) is 4.02. The minimum Gasteiger partial charge on any atom is -0.326 e. The van der Waals surface area contributed by atoms with E-state index in [0.717, 1.165) is 33.7 Å². The van der Waals surface area contributed by atoms with E-state index >= 15 is 0 Å². The molecular formula is C14H14BrClN5+. The number of nitrogens with zero attached hydrogens (tertiary/aromatic N) is 3. The molecule has 3 aromatic rings. The number of halogens is 2. The second-order valence-corrected chi connectivity index (χ2v) is 5.82. The van der Waals surface area contributed by atoms with E-state index in [9.17, 15) is 0 Å². The van der Waals surface area contributed by atoms with Gasteiger partial charge in [0, 0.05) is 23.2 Å². The Balaban J connectivity index is 2.19. The zero-order chi connectivity index (χ0) is 14.8. The van der Waals surface area contributed by atoms with Gasteiger partial charge in [0.25, 0.3) is 0 Å². The Morgan fingerprint density at radius 1 is 1.33 bits per heavy atom. The van der Waals surface area contributed by atoms with Gasteiger partial charge in [-0.2, -0.15) is 9.61 Å². The summed E-state index contributed by atoms with van der Waals surface area (Å²) in [5.74, 6) is 0.950. The van der Waals surface area contributed by atoms with Crippen LogP contribution < -0.4 is 11.1 Å². The molecule has 0 atom stereocenters. The second-order valence-electron chi connectivity index (χ2n) is 4.56. The predicted octanol–water partition coefficient (Wildman–Crippen LogP) is 1.97. The van der Waals surface area contributed by atoms with Gasteiger partial charge in [-0.15, -0.1) is 0 Å². The topological polar surface area (TPSA) is 72.8 Å². The van der Waals surface area contributed by atoms with Crippen LogP contribution in [0.2, 0.25) is 5.02 Å². The van der Waals surface area contributed by atoms with Crippen LogP contribution >= 0.6 is 27.5 Å². The van der Waals surface area contributed by atoms with Crippen molar-refractivity contribution < 1.29 is 5.32 Å². The number of aromatic nitrogens is 3. The van der Waals surface area contributed by atoms with Gasteiger partial charge in [-0.3, -0.25) is 5.32 Å². The van der Waals surface area contributed by atoms with Gasteiger partial charge in [0.1, 0.15) is 0 Å². The maximum Gasteiger partial charge on any atom is 0.229 e. The van der Waals surface area contributed by atoms with E-state index in [2.05, 4.69) is 31.3 Å². The molecule has 0 saturated heterocycles. The molecule has 7 heteroatoms. The molecule has 0 aliphatic heterocycles. The molecule has 0 amide bonds. The molecule has 21 heavy (non-hydrogen) atoms. The number of hydrogen-bond acceptors (Lipinski definition) is 3. The number of quaternary nitrogens is 1. The molecule has 2 aromatic heterocycles. The molecule has 0 saturated carbocycles. The van der Waals surface area contributed by atoms with E-state index < -0.39 is 0 Å². The standard InChI is InChI=1S/C14H13BrClN5/c15-10-8-19-21-13(18-6-5-17)7-12(20-14(10)21)9-3-1-2-4-11(9)16/h1-4,7-8,18H,5-6,17H2/p+1. The molecule has 3 rings (SSSR count). The number of nitrogens with two attached hydrogens (primary N) is 2.